The number of benzene rings is 1. The number of hydrogen-bond donors (Lipinski definition) is 1. The molecule has 2 aromatic rings. The largest absolute Gasteiger partial charge is 0.491 e. The Morgan fingerprint density at radius 1 is 1.30 bits per heavy atom. The van der Waals surface area contributed by atoms with Crippen LogP contribution in [0.25, 0.3) is 0 Å². The van der Waals surface area contributed by atoms with Gasteiger partial charge in [0.15, 0.2) is 0 Å². The van der Waals surface area contributed by atoms with Gasteiger partial charge in [0.05, 0.1) is 18.2 Å². The van der Waals surface area contributed by atoms with E-state index in [1.807, 2.05) is 0 Å². The van der Waals surface area contributed by atoms with Crippen LogP contribution in [0.1, 0.15) is 28.4 Å². The summed E-state index contributed by atoms with van der Waals surface area (Å²) in [5, 5.41) is 0. The number of aromatic nitrogens is 1. The van der Waals surface area contributed by atoms with Crippen molar-refractivity contribution in [1.29, 1.82) is 0 Å². The number of pyridine rings is 1. The molecule has 1 aromatic carbocycles. The highest BCUT2D eigenvalue weighted by molar-refractivity contribution is 6.05. The Balaban J connectivity index is 1.94. The van der Waals surface area contributed by atoms with Crippen LogP contribution in [0.5, 0.6) is 5.75 Å². The number of hydrogen-bond acceptors (Lipinski definition) is 4. The number of nitrogens with two attached hydrogens (primary N) is 1. The molecule has 11 heteroatoms. The summed E-state index contributed by atoms with van der Waals surface area (Å²) in [7, 11) is 0. The number of alkyl halides is 3. The number of amidine groups is 1. The Kier molecular flexibility index (Phi) is 5.72. The Hall–Kier alpha value is -3.50. The summed E-state index contributed by atoms with van der Waals surface area (Å²) in [6, 6.07) is 4.75. The second kappa shape index (κ2) is 8.09. The van der Waals surface area contributed by atoms with E-state index in [-0.39, 0.29) is 35.9 Å². The highest BCUT2D eigenvalue weighted by Gasteiger charge is 2.39. The van der Waals surface area contributed by atoms with E-state index >= 15 is 0 Å². The summed E-state index contributed by atoms with van der Waals surface area (Å²) in [6.45, 7) is 1.56. The molecule has 0 unspecified atom stereocenters. The fraction of sp³-hybridized carbons (Fsp3) is 0.263. The average molecular weight is 424 g/mol. The van der Waals surface area contributed by atoms with Gasteiger partial charge in [-0.2, -0.15) is 18.2 Å². The molecule has 1 aliphatic heterocycles. The minimum Gasteiger partial charge on any atom is -0.491 e. The van der Waals surface area contributed by atoms with Gasteiger partial charge in [0.2, 0.25) is 0 Å². The predicted octanol–water partition coefficient (Wildman–Crippen LogP) is 2.44. The molecule has 0 bridgehead atoms. The topological polar surface area (TPSA) is 97.9 Å². The first-order chi connectivity index (χ1) is 14.1. The van der Waals surface area contributed by atoms with Crippen molar-refractivity contribution in [2.45, 2.75) is 25.7 Å². The molecule has 0 fully saturated rings. The Labute approximate surface area is 168 Å². The lowest BCUT2D eigenvalue weighted by atomic mass is 10.1. The van der Waals surface area contributed by atoms with Crippen molar-refractivity contribution < 1.29 is 31.9 Å². The lowest BCUT2D eigenvalue weighted by Gasteiger charge is -2.26. The fourth-order valence-electron chi connectivity index (χ4n) is 2.83. The van der Waals surface area contributed by atoms with Gasteiger partial charge >= 0.3 is 12.1 Å². The van der Waals surface area contributed by atoms with Gasteiger partial charge in [-0.3, -0.25) is 14.6 Å². The number of halogens is 4. The van der Waals surface area contributed by atoms with E-state index in [2.05, 4.69) is 9.98 Å². The van der Waals surface area contributed by atoms with Crippen molar-refractivity contribution in [3.63, 3.8) is 0 Å². The van der Waals surface area contributed by atoms with Gasteiger partial charge in [-0.1, -0.05) is 0 Å². The number of nitrogens with zero attached hydrogens (tertiary/aromatic N) is 3. The molecule has 0 aliphatic carbocycles. The number of rotatable bonds is 2. The standard InChI is InChI=1S/C19H16F4N4O3/c1-10-9-30-15-6-12(16(24)26-18(29)19(21,22)23)5-14(20)13(15)8-27(10)17(28)11-3-2-4-25-7-11/h2-7,10H,8-9H2,1H3,(H2,24,26,29)/t10-/m0/s1. The third kappa shape index (κ3) is 4.39. The molecule has 0 radical (unpaired) electrons. The second-order valence-corrected chi connectivity index (χ2v) is 6.57. The van der Waals surface area contributed by atoms with Crippen molar-refractivity contribution in [1.82, 2.24) is 9.88 Å². The SMILES string of the molecule is C[C@H]1COc2cc(C(N)=NC(=O)C(F)(F)F)cc(F)c2CN1C(=O)c1cccnc1. The average Bonchev–Trinajstić information content (AvgIpc) is 2.86. The monoisotopic (exact) mass is 424 g/mol. The summed E-state index contributed by atoms with van der Waals surface area (Å²) in [5.74, 6) is -4.46. The van der Waals surface area contributed by atoms with Gasteiger partial charge in [0.1, 0.15) is 24.0 Å². The van der Waals surface area contributed by atoms with Crippen LogP contribution in [0.4, 0.5) is 17.6 Å². The van der Waals surface area contributed by atoms with E-state index in [1.165, 1.54) is 23.4 Å². The van der Waals surface area contributed by atoms with Gasteiger partial charge in [0, 0.05) is 23.5 Å². The van der Waals surface area contributed by atoms with Crippen LogP contribution in [0.15, 0.2) is 41.7 Å². The van der Waals surface area contributed by atoms with Crippen molar-refractivity contribution in [2.75, 3.05) is 6.61 Å². The van der Waals surface area contributed by atoms with Crippen LogP contribution < -0.4 is 10.5 Å². The normalized spacial score (nSPS) is 17.0. The minimum absolute atomic E-state index is 0.000421. The highest BCUT2D eigenvalue weighted by Crippen LogP contribution is 2.30. The van der Waals surface area contributed by atoms with E-state index < -0.39 is 29.8 Å². The van der Waals surface area contributed by atoms with E-state index in [9.17, 15) is 27.2 Å². The Morgan fingerprint density at radius 2 is 2.03 bits per heavy atom. The zero-order valence-electron chi connectivity index (χ0n) is 15.6. The first-order valence-corrected chi connectivity index (χ1v) is 8.70. The van der Waals surface area contributed by atoms with Crippen molar-refractivity contribution >= 4 is 17.6 Å². The highest BCUT2D eigenvalue weighted by atomic mass is 19.4. The van der Waals surface area contributed by atoms with Crippen LogP contribution in [0, 0.1) is 5.82 Å². The number of carbonyl (C=O) groups is 2. The molecule has 3 rings (SSSR count). The zero-order chi connectivity index (χ0) is 22.1. The molecule has 0 spiro atoms. The van der Waals surface area contributed by atoms with Gasteiger partial charge in [-0.05, 0) is 31.2 Å². The molecule has 0 saturated carbocycles. The molecule has 0 saturated heterocycles. The summed E-state index contributed by atoms with van der Waals surface area (Å²) < 4.78 is 57.5. The number of aliphatic imine (C=N–C) groups is 1. The maximum atomic E-state index is 14.8. The smallest absolute Gasteiger partial charge is 0.473 e. The molecule has 1 aromatic heterocycles. The number of amides is 2. The van der Waals surface area contributed by atoms with Crippen LogP contribution >= 0.6 is 0 Å². The quantitative estimate of drug-likeness (QED) is 0.454. The third-order valence-electron chi connectivity index (χ3n) is 4.42. The fourth-order valence-corrected chi connectivity index (χ4v) is 2.83. The predicted molar refractivity (Wildman–Crippen MR) is 97.3 cm³/mol. The van der Waals surface area contributed by atoms with Crippen LogP contribution in [0.2, 0.25) is 0 Å². The van der Waals surface area contributed by atoms with Gasteiger partial charge in [-0.25, -0.2) is 4.39 Å². The van der Waals surface area contributed by atoms with E-state index in [1.54, 1.807) is 19.1 Å². The van der Waals surface area contributed by atoms with Gasteiger partial charge in [-0.15, -0.1) is 0 Å². The maximum absolute atomic E-state index is 14.8. The summed E-state index contributed by atoms with van der Waals surface area (Å²) in [4.78, 5) is 31.9. The van der Waals surface area contributed by atoms with Crippen LogP contribution in [0.3, 0.4) is 0 Å². The van der Waals surface area contributed by atoms with Crippen LogP contribution in [-0.4, -0.2) is 46.4 Å². The van der Waals surface area contributed by atoms with E-state index in [0.717, 1.165) is 6.07 Å². The van der Waals surface area contributed by atoms with Gasteiger partial charge in [0.25, 0.3) is 5.91 Å². The molecular formula is C19H16F4N4O3. The molecular weight excluding hydrogens is 408 g/mol. The molecule has 1 atom stereocenters. The van der Waals surface area contributed by atoms with Crippen molar-refractivity contribution in [3.8, 4) is 5.75 Å². The molecule has 2 amide bonds. The molecule has 1 aliphatic rings. The molecule has 2 N–H and O–H groups in total. The molecule has 158 valence electrons. The first kappa shape index (κ1) is 21.2. The van der Waals surface area contributed by atoms with Crippen molar-refractivity contribution in [2.24, 2.45) is 10.7 Å². The van der Waals surface area contributed by atoms with E-state index in [4.69, 9.17) is 10.5 Å². The number of carbonyl (C=O) groups excluding carboxylic acids is 2. The molecule has 30 heavy (non-hydrogen) atoms. The minimum atomic E-state index is -5.20. The Morgan fingerprint density at radius 3 is 2.67 bits per heavy atom. The van der Waals surface area contributed by atoms with Gasteiger partial charge < -0.3 is 15.4 Å². The lowest BCUT2D eigenvalue weighted by molar-refractivity contribution is -0.169. The van der Waals surface area contributed by atoms with E-state index in [0.29, 0.717) is 5.56 Å². The number of ether oxygens (including phenoxy) is 1. The lowest BCUT2D eigenvalue weighted by Crippen LogP contribution is -2.40. The third-order valence-corrected chi connectivity index (χ3v) is 4.42. The Bertz CT molecular complexity index is 1010. The maximum Gasteiger partial charge on any atom is 0.473 e. The van der Waals surface area contributed by atoms with Crippen LogP contribution in [-0.2, 0) is 11.3 Å². The van der Waals surface area contributed by atoms with Crippen molar-refractivity contribution in [3.05, 3.63) is 59.2 Å². The number of fused-ring (bicyclic) bond motifs is 1. The zero-order valence-corrected chi connectivity index (χ0v) is 15.6. The summed E-state index contributed by atoms with van der Waals surface area (Å²) in [5.41, 5.74) is 5.54. The summed E-state index contributed by atoms with van der Waals surface area (Å²) in [6.07, 6.45) is -2.30. The molecule has 2 heterocycles. The molecule has 7 nitrogen and oxygen atoms in total. The summed E-state index contributed by atoms with van der Waals surface area (Å²) >= 11 is 0. The first-order valence-electron chi connectivity index (χ1n) is 8.70. The second-order valence-electron chi connectivity index (χ2n) is 6.57.